The second-order valence-electron chi connectivity index (χ2n) is 9.11. The van der Waals surface area contributed by atoms with Crippen LogP contribution in [0.25, 0.3) is 0 Å². The highest BCUT2D eigenvalue weighted by molar-refractivity contribution is 7.10. The average molecular weight is 495 g/mol. The molecule has 0 bridgehead atoms. The molecule has 1 N–H and O–H groups in total. The standard InChI is InChI=1S/C26H26N2O6S/c1-15-23(26(30)34-14-19-4-2-10-33-19)24(16-6-8-18(9-7-16)28(31)32)25-20(27-15)12-17(13-21(25)29)22-5-3-11-35-22/h3,5-9,11,17,19,24,27H,2,4,10,12-14H2,1H3/t17-,19-,24-/m0/s1. The average Bonchev–Trinajstić information content (AvgIpc) is 3.56. The van der Waals surface area contributed by atoms with Crippen LogP contribution < -0.4 is 5.32 Å². The summed E-state index contributed by atoms with van der Waals surface area (Å²) in [5.41, 5.74) is 2.93. The first-order chi connectivity index (χ1) is 16.9. The minimum atomic E-state index is -0.652. The number of allylic oxidation sites excluding steroid dienone is 3. The van der Waals surface area contributed by atoms with Gasteiger partial charge in [0.1, 0.15) is 6.61 Å². The number of hydrogen-bond donors (Lipinski definition) is 1. The third-order valence-electron chi connectivity index (χ3n) is 6.85. The van der Waals surface area contributed by atoms with Crippen LogP contribution in [0.4, 0.5) is 5.69 Å². The van der Waals surface area contributed by atoms with Crippen molar-refractivity contribution in [3.05, 3.63) is 84.9 Å². The first kappa shape index (κ1) is 23.4. The highest BCUT2D eigenvalue weighted by atomic mass is 32.1. The molecule has 0 saturated carbocycles. The van der Waals surface area contributed by atoms with Crippen molar-refractivity contribution >= 4 is 28.8 Å². The lowest BCUT2D eigenvalue weighted by Crippen LogP contribution is -2.36. The number of rotatable bonds is 6. The molecule has 1 aromatic heterocycles. The number of nitrogens with zero attached hydrogens (tertiary/aromatic N) is 1. The van der Waals surface area contributed by atoms with Crippen molar-refractivity contribution in [3.63, 3.8) is 0 Å². The monoisotopic (exact) mass is 494 g/mol. The van der Waals surface area contributed by atoms with E-state index in [9.17, 15) is 19.7 Å². The molecule has 2 aromatic rings. The number of ketones is 1. The van der Waals surface area contributed by atoms with Gasteiger partial charge in [-0.15, -0.1) is 11.3 Å². The zero-order valence-corrected chi connectivity index (χ0v) is 20.1. The Morgan fingerprint density at radius 1 is 1.26 bits per heavy atom. The van der Waals surface area contributed by atoms with Crippen LogP contribution >= 0.6 is 11.3 Å². The number of carbonyl (C=O) groups excluding carboxylic acids is 2. The van der Waals surface area contributed by atoms with Gasteiger partial charge < -0.3 is 14.8 Å². The summed E-state index contributed by atoms with van der Waals surface area (Å²) >= 11 is 1.63. The molecule has 9 heteroatoms. The SMILES string of the molecule is CC1=C(C(=O)OC[C@@H]2CCCO2)[C@H](c2ccc([N+](=O)[O-])cc2)C2=C(C[C@H](c3cccs3)CC2=O)N1. The molecule has 3 atom stereocenters. The van der Waals surface area contributed by atoms with E-state index in [0.717, 1.165) is 23.4 Å². The maximum Gasteiger partial charge on any atom is 0.336 e. The van der Waals surface area contributed by atoms with Crippen molar-refractivity contribution in [2.45, 2.75) is 50.5 Å². The molecule has 5 rings (SSSR count). The van der Waals surface area contributed by atoms with E-state index >= 15 is 0 Å². The Hall–Kier alpha value is -3.30. The van der Waals surface area contributed by atoms with Crippen LogP contribution in [0.5, 0.6) is 0 Å². The molecule has 1 fully saturated rings. The van der Waals surface area contributed by atoms with E-state index in [2.05, 4.69) is 5.32 Å². The zero-order valence-electron chi connectivity index (χ0n) is 19.3. The van der Waals surface area contributed by atoms with Crippen molar-refractivity contribution in [3.8, 4) is 0 Å². The molecule has 0 unspecified atom stereocenters. The van der Waals surface area contributed by atoms with Crippen LogP contribution in [0.2, 0.25) is 0 Å². The molecule has 3 heterocycles. The van der Waals surface area contributed by atoms with Gasteiger partial charge in [-0.05, 0) is 43.2 Å². The fourth-order valence-electron chi connectivity index (χ4n) is 5.18. The van der Waals surface area contributed by atoms with Gasteiger partial charge in [-0.25, -0.2) is 4.79 Å². The number of carbonyl (C=O) groups is 2. The van der Waals surface area contributed by atoms with Crippen molar-refractivity contribution in [1.82, 2.24) is 5.32 Å². The minimum Gasteiger partial charge on any atom is -0.459 e. The Kier molecular flexibility index (Phi) is 6.53. The maximum absolute atomic E-state index is 13.5. The minimum absolute atomic E-state index is 0.0302. The summed E-state index contributed by atoms with van der Waals surface area (Å²) in [5.74, 6) is -1.11. The van der Waals surface area contributed by atoms with Crippen molar-refractivity contribution < 1.29 is 24.0 Å². The van der Waals surface area contributed by atoms with E-state index in [4.69, 9.17) is 9.47 Å². The van der Waals surface area contributed by atoms with Crippen LogP contribution in [0.3, 0.4) is 0 Å². The first-order valence-corrected chi connectivity index (χ1v) is 12.6. The van der Waals surface area contributed by atoms with E-state index in [1.807, 2.05) is 24.4 Å². The van der Waals surface area contributed by atoms with Gasteiger partial charge in [-0.2, -0.15) is 0 Å². The molecule has 2 aliphatic heterocycles. The van der Waals surface area contributed by atoms with Gasteiger partial charge in [0.05, 0.1) is 16.6 Å². The Morgan fingerprint density at radius 3 is 2.71 bits per heavy atom. The Bertz CT molecular complexity index is 1210. The molecule has 35 heavy (non-hydrogen) atoms. The van der Waals surface area contributed by atoms with Crippen LogP contribution in [0.1, 0.15) is 54.9 Å². The van der Waals surface area contributed by atoms with Crippen LogP contribution in [0.15, 0.2) is 64.3 Å². The predicted octanol–water partition coefficient (Wildman–Crippen LogP) is 4.74. The molecule has 182 valence electrons. The molecule has 1 aliphatic carbocycles. The quantitative estimate of drug-likeness (QED) is 0.351. The van der Waals surface area contributed by atoms with Gasteiger partial charge in [0.2, 0.25) is 0 Å². The summed E-state index contributed by atoms with van der Waals surface area (Å²) in [6.45, 7) is 2.63. The van der Waals surface area contributed by atoms with Gasteiger partial charge in [-0.3, -0.25) is 14.9 Å². The fourth-order valence-corrected chi connectivity index (χ4v) is 6.01. The predicted molar refractivity (Wildman–Crippen MR) is 130 cm³/mol. The summed E-state index contributed by atoms with van der Waals surface area (Å²) in [7, 11) is 0. The number of dihydropyridines is 1. The second-order valence-corrected chi connectivity index (χ2v) is 10.1. The van der Waals surface area contributed by atoms with Crippen molar-refractivity contribution in [2.75, 3.05) is 13.2 Å². The van der Waals surface area contributed by atoms with Gasteiger partial charge in [0.15, 0.2) is 5.78 Å². The normalized spacial score (nSPS) is 24.3. The van der Waals surface area contributed by atoms with Gasteiger partial charge in [0, 0.05) is 58.8 Å². The van der Waals surface area contributed by atoms with Crippen molar-refractivity contribution in [2.24, 2.45) is 0 Å². The summed E-state index contributed by atoms with van der Waals surface area (Å²) in [6, 6.07) is 10.1. The van der Waals surface area contributed by atoms with E-state index in [1.54, 1.807) is 23.5 Å². The van der Waals surface area contributed by atoms with Crippen LogP contribution in [0, 0.1) is 10.1 Å². The number of non-ortho nitro benzene ring substituents is 1. The smallest absolute Gasteiger partial charge is 0.336 e. The van der Waals surface area contributed by atoms with E-state index in [-0.39, 0.29) is 30.1 Å². The molecule has 1 aromatic carbocycles. The number of nitro benzene ring substituents is 1. The summed E-state index contributed by atoms with van der Waals surface area (Å²) < 4.78 is 11.2. The largest absolute Gasteiger partial charge is 0.459 e. The Morgan fingerprint density at radius 2 is 2.06 bits per heavy atom. The second kappa shape index (κ2) is 9.75. The van der Waals surface area contributed by atoms with Gasteiger partial charge in [-0.1, -0.05) is 18.2 Å². The number of hydrogen-bond acceptors (Lipinski definition) is 8. The molecular weight excluding hydrogens is 468 g/mol. The van der Waals surface area contributed by atoms with Crippen LogP contribution in [-0.2, 0) is 19.1 Å². The number of ether oxygens (including phenoxy) is 2. The molecule has 3 aliphatic rings. The zero-order chi connectivity index (χ0) is 24.5. The van der Waals surface area contributed by atoms with Crippen molar-refractivity contribution in [1.29, 1.82) is 0 Å². The first-order valence-electron chi connectivity index (χ1n) is 11.7. The highest BCUT2D eigenvalue weighted by Crippen LogP contribution is 2.46. The van der Waals surface area contributed by atoms with E-state index < -0.39 is 16.8 Å². The van der Waals surface area contributed by atoms with Gasteiger partial charge in [0.25, 0.3) is 5.69 Å². The fraction of sp³-hybridized carbons (Fsp3) is 0.385. The Balaban J connectivity index is 1.51. The third-order valence-corrected chi connectivity index (χ3v) is 7.89. The molecular formula is C26H26N2O6S. The number of thiophene rings is 1. The molecule has 0 radical (unpaired) electrons. The summed E-state index contributed by atoms with van der Waals surface area (Å²) in [4.78, 5) is 38.8. The number of esters is 1. The summed E-state index contributed by atoms with van der Waals surface area (Å²) in [6.07, 6.45) is 2.66. The lowest BCUT2D eigenvalue weighted by atomic mass is 9.72. The topological polar surface area (TPSA) is 108 Å². The number of benzene rings is 1. The maximum atomic E-state index is 13.5. The van der Waals surface area contributed by atoms with E-state index in [0.29, 0.717) is 41.9 Å². The molecule has 0 spiro atoms. The molecule has 0 amide bonds. The third kappa shape index (κ3) is 4.66. The number of nitro groups is 1. The molecule has 1 saturated heterocycles. The van der Waals surface area contributed by atoms with Crippen LogP contribution in [-0.4, -0.2) is 36.0 Å². The van der Waals surface area contributed by atoms with Gasteiger partial charge >= 0.3 is 5.97 Å². The molecule has 8 nitrogen and oxygen atoms in total. The number of nitrogens with one attached hydrogen (secondary N) is 1. The highest BCUT2D eigenvalue weighted by Gasteiger charge is 2.42. The summed E-state index contributed by atoms with van der Waals surface area (Å²) in [5, 5.41) is 16.5. The Labute approximate surface area is 206 Å². The lowest BCUT2D eigenvalue weighted by Gasteiger charge is -2.36. The van der Waals surface area contributed by atoms with E-state index in [1.165, 1.54) is 12.1 Å². The number of Topliss-reactive ketones (excluding diaryl/α,β-unsaturated/α-hetero) is 1. The lowest BCUT2D eigenvalue weighted by molar-refractivity contribution is -0.384.